The lowest BCUT2D eigenvalue weighted by molar-refractivity contribution is 0.734. The van der Waals surface area contributed by atoms with Crippen molar-refractivity contribution in [3.63, 3.8) is 0 Å². The average molecular weight is 357 g/mol. The van der Waals surface area contributed by atoms with Gasteiger partial charge in [0, 0.05) is 31.6 Å². The highest BCUT2D eigenvalue weighted by atomic mass is 127. The van der Waals surface area contributed by atoms with E-state index in [4.69, 9.17) is 0 Å². The molecule has 96 valence electrons. The number of halogens is 1. The van der Waals surface area contributed by atoms with E-state index in [2.05, 4.69) is 29.1 Å². The van der Waals surface area contributed by atoms with Crippen molar-refractivity contribution in [2.75, 3.05) is 31.6 Å². The molecule has 0 amide bonds. The standard InChI is InChI=1S/C11H23N3S.HI/c1-4-6-7-13-11(12-3)14-8-10-15-9-5-2;/h5H,2,4,6-10H2,1,3H3,(H2,12,13,14);1H. The first kappa shape index (κ1) is 18.5. The Morgan fingerprint density at radius 2 is 2.06 bits per heavy atom. The van der Waals surface area contributed by atoms with Crippen molar-refractivity contribution in [2.45, 2.75) is 19.8 Å². The maximum atomic E-state index is 4.14. The van der Waals surface area contributed by atoms with Gasteiger partial charge >= 0.3 is 0 Å². The highest BCUT2D eigenvalue weighted by Gasteiger charge is 1.94. The van der Waals surface area contributed by atoms with Gasteiger partial charge in [-0.25, -0.2) is 0 Å². The van der Waals surface area contributed by atoms with Gasteiger partial charge in [-0.15, -0.1) is 30.6 Å². The van der Waals surface area contributed by atoms with Crippen molar-refractivity contribution in [3.05, 3.63) is 12.7 Å². The van der Waals surface area contributed by atoms with Crippen LogP contribution in [-0.4, -0.2) is 37.6 Å². The predicted molar refractivity (Wildman–Crippen MR) is 87.2 cm³/mol. The molecule has 5 heteroatoms. The zero-order chi connectivity index (χ0) is 11.4. The Kier molecular flexibility index (Phi) is 17.4. The lowest BCUT2D eigenvalue weighted by atomic mass is 10.3. The number of rotatable bonds is 8. The molecule has 0 rings (SSSR count). The van der Waals surface area contributed by atoms with Crippen LogP contribution in [0.5, 0.6) is 0 Å². The van der Waals surface area contributed by atoms with E-state index in [0.29, 0.717) is 0 Å². The highest BCUT2D eigenvalue weighted by Crippen LogP contribution is 1.96. The predicted octanol–water partition coefficient (Wildman–Crippen LogP) is 2.49. The SMILES string of the molecule is C=CCSCCNC(=NC)NCCCC.I. The molecule has 16 heavy (non-hydrogen) atoms. The van der Waals surface area contributed by atoms with Crippen LogP contribution in [0.1, 0.15) is 19.8 Å². The minimum absolute atomic E-state index is 0. The van der Waals surface area contributed by atoms with E-state index in [1.807, 2.05) is 17.8 Å². The quantitative estimate of drug-likeness (QED) is 0.230. The van der Waals surface area contributed by atoms with E-state index in [-0.39, 0.29) is 24.0 Å². The number of aliphatic imine (C=N–C) groups is 1. The summed E-state index contributed by atoms with van der Waals surface area (Å²) in [5.74, 6) is 3.01. The molecule has 0 heterocycles. The van der Waals surface area contributed by atoms with Crippen molar-refractivity contribution in [1.82, 2.24) is 10.6 Å². The largest absolute Gasteiger partial charge is 0.356 e. The third kappa shape index (κ3) is 12.2. The molecule has 0 radical (unpaired) electrons. The molecule has 0 aliphatic heterocycles. The molecule has 0 bridgehead atoms. The van der Waals surface area contributed by atoms with Crippen LogP contribution in [0.25, 0.3) is 0 Å². The van der Waals surface area contributed by atoms with Crippen molar-refractivity contribution >= 4 is 41.7 Å². The molecule has 0 aliphatic carbocycles. The minimum Gasteiger partial charge on any atom is -0.356 e. The molecule has 0 spiro atoms. The molecule has 0 aromatic carbocycles. The van der Waals surface area contributed by atoms with Gasteiger partial charge in [0.15, 0.2) is 5.96 Å². The summed E-state index contributed by atoms with van der Waals surface area (Å²) < 4.78 is 0. The first-order valence-corrected chi connectivity index (χ1v) is 6.63. The van der Waals surface area contributed by atoms with Crippen LogP contribution >= 0.6 is 35.7 Å². The highest BCUT2D eigenvalue weighted by molar-refractivity contribution is 14.0. The van der Waals surface area contributed by atoms with E-state index >= 15 is 0 Å². The van der Waals surface area contributed by atoms with E-state index in [1.165, 1.54) is 12.8 Å². The number of guanidine groups is 1. The summed E-state index contributed by atoms with van der Waals surface area (Å²) in [5, 5.41) is 6.54. The molecular formula is C11H24IN3S. The molecule has 3 nitrogen and oxygen atoms in total. The molecule has 0 aliphatic rings. The van der Waals surface area contributed by atoms with Gasteiger partial charge < -0.3 is 10.6 Å². The number of nitrogens with one attached hydrogen (secondary N) is 2. The van der Waals surface area contributed by atoms with Crippen LogP contribution in [-0.2, 0) is 0 Å². The fourth-order valence-electron chi connectivity index (χ4n) is 1.01. The lowest BCUT2D eigenvalue weighted by Crippen LogP contribution is -2.38. The summed E-state index contributed by atoms with van der Waals surface area (Å²) in [6.45, 7) is 7.81. The van der Waals surface area contributed by atoms with Gasteiger partial charge in [-0.3, -0.25) is 4.99 Å². The third-order valence-electron chi connectivity index (χ3n) is 1.82. The van der Waals surface area contributed by atoms with Crippen LogP contribution in [0.4, 0.5) is 0 Å². The zero-order valence-electron chi connectivity index (χ0n) is 10.3. The monoisotopic (exact) mass is 357 g/mol. The normalized spacial score (nSPS) is 10.5. The number of unbranched alkanes of at least 4 members (excludes halogenated alkanes) is 1. The Balaban J connectivity index is 0. The van der Waals surface area contributed by atoms with Gasteiger partial charge in [-0.1, -0.05) is 19.4 Å². The maximum absolute atomic E-state index is 4.14. The Morgan fingerprint density at radius 3 is 2.62 bits per heavy atom. The van der Waals surface area contributed by atoms with Gasteiger partial charge in [0.05, 0.1) is 0 Å². The number of nitrogens with zero attached hydrogens (tertiary/aromatic N) is 1. The van der Waals surface area contributed by atoms with E-state index in [1.54, 1.807) is 7.05 Å². The van der Waals surface area contributed by atoms with Gasteiger partial charge in [0.2, 0.25) is 0 Å². The fourth-order valence-corrected chi connectivity index (χ4v) is 1.59. The third-order valence-corrected chi connectivity index (χ3v) is 2.79. The van der Waals surface area contributed by atoms with Crippen LogP contribution in [0, 0.1) is 0 Å². The lowest BCUT2D eigenvalue weighted by Gasteiger charge is -2.10. The van der Waals surface area contributed by atoms with Gasteiger partial charge in [-0.2, -0.15) is 11.8 Å². The Labute approximate surface area is 121 Å². The molecule has 2 N–H and O–H groups in total. The summed E-state index contributed by atoms with van der Waals surface area (Å²) in [7, 11) is 1.80. The number of thioether (sulfide) groups is 1. The van der Waals surface area contributed by atoms with E-state index in [9.17, 15) is 0 Å². The molecule has 0 saturated carbocycles. The van der Waals surface area contributed by atoms with Gasteiger partial charge in [0.1, 0.15) is 0 Å². The molecule has 0 saturated heterocycles. The fraction of sp³-hybridized carbons (Fsp3) is 0.727. The Bertz CT molecular complexity index is 186. The second-order valence-electron chi connectivity index (χ2n) is 3.14. The first-order chi connectivity index (χ1) is 7.35. The summed E-state index contributed by atoms with van der Waals surface area (Å²) >= 11 is 1.87. The van der Waals surface area contributed by atoms with E-state index in [0.717, 1.165) is 30.6 Å². The van der Waals surface area contributed by atoms with E-state index < -0.39 is 0 Å². The van der Waals surface area contributed by atoms with Crippen molar-refractivity contribution in [3.8, 4) is 0 Å². The molecule has 0 fully saturated rings. The summed E-state index contributed by atoms with van der Waals surface area (Å²) in [5.41, 5.74) is 0. The van der Waals surface area contributed by atoms with Crippen molar-refractivity contribution in [2.24, 2.45) is 4.99 Å². The molecule has 0 aromatic rings. The second kappa shape index (κ2) is 15.1. The van der Waals surface area contributed by atoms with Gasteiger partial charge in [0.25, 0.3) is 0 Å². The molecule has 0 aromatic heterocycles. The summed E-state index contributed by atoms with van der Waals surface area (Å²) in [6.07, 6.45) is 4.32. The van der Waals surface area contributed by atoms with Crippen LogP contribution in [0.15, 0.2) is 17.6 Å². The van der Waals surface area contributed by atoms with Crippen LogP contribution in [0.3, 0.4) is 0 Å². The van der Waals surface area contributed by atoms with Crippen LogP contribution < -0.4 is 10.6 Å². The zero-order valence-corrected chi connectivity index (χ0v) is 13.4. The average Bonchev–Trinajstić information content (AvgIpc) is 2.26. The molecule has 0 atom stereocenters. The van der Waals surface area contributed by atoms with Crippen molar-refractivity contribution in [1.29, 1.82) is 0 Å². The number of hydrogen-bond donors (Lipinski definition) is 2. The number of hydrogen-bond acceptors (Lipinski definition) is 2. The summed E-state index contributed by atoms with van der Waals surface area (Å²) in [6, 6.07) is 0. The Morgan fingerprint density at radius 1 is 1.38 bits per heavy atom. The Hall–Kier alpha value is 0.0900. The molecule has 0 unspecified atom stereocenters. The maximum Gasteiger partial charge on any atom is 0.191 e. The first-order valence-electron chi connectivity index (χ1n) is 5.48. The molecular weight excluding hydrogens is 333 g/mol. The van der Waals surface area contributed by atoms with Crippen molar-refractivity contribution < 1.29 is 0 Å². The van der Waals surface area contributed by atoms with Crippen LogP contribution in [0.2, 0.25) is 0 Å². The van der Waals surface area contributed by atoms with Gasteiger partial charge in [-0.05, 0) is 6.42 Å². The second-order valence-corrected chi connectivity index (χ2v) is 4.29. The topological polar surface area (TPSA) is 36.4 Å². The smallest absolute Gasteiger partial charge is 0.191 e. The summed E-state index contributed by atoms with van der Waals surface area (Å²) in [4.78, 5) is 4.14. The minimum atomic E-state index is 0.